The second kappa shape index (κ2) is 7.92. The predicted octanol–water partition coefficient (Wildman–Crippen LogP) is 5.71. The van der Waals surface area contributed by atoms with Crippen LogP contribution in [0.25, 0.3) is 10.9 Å². The Morgan fingerprint density at radius 3 is 2.62 bits per heavy atom. The van der Waals surface area contributed by atoms with Gasteiger partial charge in [0.15, 0.2) is 0 Å². The van der Waals surface area contributed by atoms with Gasteiger partial charge in [-0.2, -0.15) is 0 Å². The van der Waals surface area contributed by atoms with E-state index in [0.717, 1.165) is 27.2 Å². The molecule has 0 aliphatic rings. The molecule has 0 aliphatic carbocycles. The van der Waals surface area contributed by atoms with Crippen LogP contribution in [0.15, 0.2) is 53.6 Å². The van der Waals surface area contributed by atoms with Gasteiger partial charge in [0.2, 0.25) is 5.91 Å². The van der Waals surface area contributed by atoms with Gasteiger partial charge in [0.25, 0.3) is 0 Å². The number of nitrogens with one attached hydrogen (secondary N) is 1. The quantitative estimate of drug-likeness (QED) is 0.590. The number of thioether (sulfide) groups is 1. The molecular formula is C22H24N2OS. The molecule has 1 aromatic heterocycles. The number of aromatic nitrogens is 1. The van der Waals surface area contributed by atoms with Crippen LogP contribution in [0.1, 0.15) is 36.5 Å². The first-order valence-electron chi connectivity index (χ1n) is 8.84. The minimum absolute atomic E-state index is 0.00110. The lowest BCUT2D eigenvalue weighted by Crippen LogP contribution is -2.16. The molecule has 2 aromatic carbocycles. The molecule has 1 heterocycles. The SMILES string of the molecule is Cc1cccc(C(C)C)c1NC(=O)CSc1cc(C)c2ccccc2n1. The summed E-state index contributed by atoms with van der Waals surface area (Å²) in [5.41, 5.74) is 5.35. The number of carbonyl (C=O) groups is 1. The molecule has 1 amide bonds. The first kappa shape index (κ1) is 18.5. The number of para-hydroxylation sites is 2. The second-order valence-electron chi connectivity index (χ2n) is 6.83. The van der Waals surface area contributed by atoms with Crippen LogP contribution in [0.5, 0.6) is 0 Å². The number of pyridine rings is 1. The average molecular weight is 365 g/mol. The molecule has 3 nitrogen and oxygen atoms in total. The maximum Gasteiger partial charge on any atom is 0.234 e. The topological polar surface area (TPSA) is 42.0 Å². The molecule has 1 N–H and O–H groups in total. The molecule has 0 saturated heterocycles. The van der Waals surface area contributed by atoms with Gasteiger partial charge in [-0.25, -0.2) is 4.98 Å². The number of aryl methyl sites for hydroxylation is 2. The van der Waals surface area contributed by atoms with Crippen molar-refractivity contribution in [2.75, 3.05) is 11.1 Å². The van der Waals surface area contributed by atoms with E-state index >= 15 is 0 Å². The largest absolute Gasteiger partial charge is 0.325 e. The van der Waals surface area contributed by atoms with Crippen LogP contribution >= 0.6 is 11.8 Å². The Kier molecular flexibility index (Phi) is 5.62. The molecule has 0 atom stereocenters. The highest BCUT2D eigenvalue weighted by molar-refractivity contribution is 7.99. The normalized spacial score (nSPS) is 11.1. The predicted molar refractivity (Wildman–Crippen MR) is 111 cm³/mol. The van der Waals surface area contributed by atoms with Crippen molar-refractivity contribution >= 4 is 34.3 Å². The van der Waals surface area contributed by atoms with Gasteiger partial charge in [-0.15, -0.1) is 0 Å². The molecule has 0 bridgehead atoms. The van der Waals surface area contributed by atoms with Crippen LogP contribution in [0.2, 0.25) is 0 Å². The van der Waals surface area contributed by atoms with Crippen molar-refractivity contribution in [3.63, 3.8) is 0 Å². The zero-order valence-electron chi connectivity index (χ0n) is 15.7. The Bertz CT molecular complexity index is 950. The molecule has 26 heavy (non-hydrogen) atoms. The number of hydrogen-bond acceptors (Lipinski definition) is 3. The van der Waals surface area contributed by atoms with Crippen molar-refractivity contribution < 1.29 is 4.79 Å². The summed E-state index contributed by atoms with van der Waals surface area (Å²) in [6.45, 7) is 8.39. The third-order valence-corrected chi connectivity index (χ3v) is 5.35. The van der Waals surface area contributed by atoms with E-state index in [4.69, 9.17) is 0 Å². The molecule has 0 radical (unpaired) electrons. The van der Waals surface area contributed by atoms with Crippen LogP contribution in [0.3, 0.4) is 0 Å². The number of amides is 1. The monoisotopic (exact) mass is 364 g/mol. The Morgan fingerprint density at radius 1 is 1.08 bits per heavy atom. The smallest absolute Gasteiger partial charge is 0.234 e. The fraction of sp³-hybridized carbons (Fsp3) is 0.273. The van der Waals surface area contributed by atoms with Gasteiger partial charge in [-0.1, -0.05) is 62.0 Å². The Balaban J connectivity index is 1.72. The number of carbonyl (C=O) groups excluding carboxylic acids is 1. The number of nitrogens with zero attached hydrogens (tertiary/aromatic N) is 1. The van der Waals surface area contributed by atoms with Crippen molar-refractivity contribution in [2.24, 2.45) is 0 Å². The first-order valence-corrected chi connectivity index (χ1v) is 9.83. The lowest BCUT2D eigenvalue weighted by Gasteiger charge is -2.16. The lowest BCUT2D eigenvalue weighted by atomic mass is 9.98. The third-order valence-electron chi connectivity index (χ3n) is 4.44. The van der Waals surface area contributed by atoms with E-state index in [1.54, 1.807) is 0 Å². The standard InChI is InChI=1S/C22H24N2OS/c1-14(2)17-10-7-8-15(3)22(17)24-20(25)13-26-21-12-16(4)18-9-5-6-11-19(18)23-21/h5-12,14H,13H2,1-4H3,(H,24,25). The highest BCUT2D eigenvalue weighted by atomic mass is 32.2. The van der Waals surface area contributed by atoms with E-state index < -0.39 is 0 Å². The number of rotatable bonds is 5. The van der Waals surface area contributed by atoms with Crippen molar-refractivity contribution in [2.45, 2.75) is 38.6 Å². The summed E-state index contributed by atoms with van der Waals surface area (Å²) in [7, 11) is 0. The van der Waals surface area contributed by atoms with Gasteiger partial charge < -0.3 is 5.32 Å². The van der Waals surface area contributed by atoms with Crippen LogP contribution in [-0.4, -0.2) is 16.6 Å². The highest BCUT2D eigenvalue weighted by Crippen LogP contribution is 2.28. The molecule has 3 rings (SSSR count). The van der Waals surface area contributed by atoms with Gasteiger partial charge in [-0.05, 0) is 48.6 Å². The van der Waals surface area contributed by atoms with E-state index in [0.29, 0.717) is 11.7 Å². The molecule has 0 aliphatic heterocycles. The summed E-state index contributed by atoms with van der Waals surface area (Å²) in [6, 6.07) is 16.3. The number of hydrogen-bond donors (Lipinski definition) is 1. The minimum Gasteiger partial charge on any atom is -0.325 e. The van der Waals surface area contributed by atoms with Crippen LogP contribution in [-0.2, 0) is 4.79 Å². The minimum atomic E-state index is -0.00110. The first-order chi connectivity index (χ1) is 12.5. The molecule has 0 spiro atoms. The van der Waals surface area contributed by atoms with Crippen molar-refractivity contribution in [3.05, 3.63) is 65.2 Å². The van der Waals surface area contributed by atoms with E-state index in [1.165, 1.54) is 22.9 Å². The Labute approximate surface area is 159 Å². The zero-order valence-corrected chi connectivity index (χ0v) is 16.5. The number of benzene rings is 2. The van der Waals surface area contributed by atoms with Crippen LogP contribution in [0.4, 0.5) is 5.69 Å². The van der Waals surface area contributed by atoms with Gasteiger partial charge >= 0.3 is 0 Å². The van der Waals surface area contributed by atoms with Gasteiger partial charge in [0, 0.05) is 11.1 Å². The summed E-state index contributed by atoms with van der Waals surface area (Å²) in [4.78, 5) is 17.2. The lowest BCUT2D eigenvalue weighted by molar-refractivity contribution is -0.113. The molecular weight excluding hydrogens is 340 g/mol. The van der Waals surface area contributed by atoms with E-state index in [9.17, 15) is 4.79 Å². The summed E-state index contributed by atoms with van der Waals surface area (Å²) in [5.74, 6) is 0.706. The zero-order chi connectivity index (χ0) is 18.7. The van der Waals surface area contributed by atoms with Crippen LogP contribution < -0.4 is 5.32 Å². The summed E-state index contributed by atoms with van der Waals surface area (Å²) < 4.78 is 0. The highest BCUT2D eigenvalue weighted by Gasteiger charge is 2.13. The maximum absolute atomic E-state index is 12.5. The molecule has 3 aromatic rings. The fourth-order valence-electron chi connectivity index (χ4n) is 3.05. The van der Waals surface area contributed by atoms with Crippen LogP contribution in [0, 0.1) is 13.8 Å². The van der Waals surface area contributed by atoms with E-state index in [-0.39, 0.29) is 5.91 Å². The average Bonchev–Trinajstić information content (AvgIpc) is 2.61. The summed E-state index contributed by atoms with van der Waals surface area (Å²) >= 11 is 1.47. The van der Waals surface area contributed by atoms with E-state index in [2.05, 4.69) is 43.2 Å². The Hall–Kier alpha value is -2.33. The maximum atomic E-state index is 12.5. The number of fused-ring (bicyclic) bond motifs is 1. The third kappa shape index (κ3) is 4.07. The number of anilines is 1. The second-order valence-corrected chi connectivity index (χ2v) is 7.82. The van der Waals surface area contributed by atoms with Gasteiger partial charge in [-0.3, -0.25) is 4.79 Å². The molecule has 4 heteroatoms. The van der Waals surface area contributed by atoms with Gasteiger partial charge in [0.05, 0.1) is 16.3 Å². The Morgan fingerprint density at radius 2 is 1.85 bits per heavy atom. The molecule has 134 valence electrons. The van der Waals surface area contributed by atoms with Crippen molar-refractivity contribution in [1.29, 1.82) is 0 Å². The summed E-state index contributed by atoms with van der Waals surface area (Å²) in [6.07, 6.45) is 0. The fourth-order valence-corrected chi connectivity index (χ4v) is 3.82. The molecule has 0 saturated carbocycles. The molecule has 0 unspecified atom stereocenters. The van der Waals surface area contributed by atoms with E-state index in [1.807, 2.05) is 43.3 Å². The van der Waals surface area contributed by atoms with Crippen molar-refractivity contribution in [1.82, 2.24) is 4.98 Å². The molecule has 0 fully saturated rings. The van der Waals surface area contributed by atoms with Crippen molar-refractivity contribution in [3.8, 4) is 0 Å². The summed E-state index contributed by atoms with van der Waals surface area (Å²) in [5, 5.41) is 5.13. The van der Waals surface area contributed by atoms with Gasteiger partial charge in [0.1, 0.15) is 0 Å².